The first-order chi connectivity index (χ1) is 15.2. The number of methoxy groups -OCH3 is 2. The van der Waals surface area contributed by atoms with E-state index in [9.17, 15) is 4.79 Å². The molecular weight excluding hydrogens is 410 g/mol. The number of para-hydroxylation sites is 2. The summed E-state index contributed by atoms with van der Waals surface area (Å²) >= 11 is 1.48. The van der Waals surface area contributed by atoms with E-state index in [1.807, 2.05) is 41.8 Å². The Morgan fingerprint density at radius 1 is 1.13 bits per heavy atom. The minimum Gasteiger partial charge on any atom is -0.496 e. The van der Waals surface area contributed by atoms with Gasteiger partial charge in [0.15, 0.2) is 0 Å². The number of rotatable bonds is 9. The number of hydrogen-bond donors (Lipinski definition) is 1. The zero-order chi connectivity index (χ0) is 21.6. The first-order valence-corrected chi connectivity index (χ1v) is 11.0. The van der Waals surface area contributed by atoms with E-state index in [1.54, 1.807) is 14.2 Å². The van der Waals surface area contributed by atoms with Gasteiger partial charge in [0.1, 0.15) is 16.5 Å². The minimum atomic E-state index is -0.169. The lowest BCUT2D eigenvalue weighted by Crippen LogP contribution is -2.26. The van der Waals surface area contributed by atoms with Crippen molar-refractivity contribution >= 4 is 28.1 Å². The molecule has 160 valence electrons. The van der Waals surface area contributed by atoms with Gasteiger partial charge in [-0.25, -0.2) is 4.98 Å². The second-order valence-electron chi connectivity index (χ2n) is 7.09. The number of nitrogens with zero attached hydrogens (tertiary/aromatic N) is 2. The summed E-state index contributed by atoms with van der Waals surface area (Å²) in [6.45, 7) is 1.84. The molecule has 0 atom stereocenters. The first-order valence-electron chi connectivity index (χ1n) is 10.1. The van der Waals surface area contributed by atoms with Crippen LogP contribution in [0.25, 0.3) is 21.6 Å². The summed E-state index contributed by atoms with van der Waals surface area (Å²) in [5, 5.41) is 6.74. The topological polar surface area (TPSA) is 65.4 Å². The van der Waals surface area contributed by atoms with E-state index < -0.39 is 0 Å². The molecule has 2 aromatic heterocycles. The Bertz CT molecular complexity index is 1180. The number of hydrogen-bond acceptors (Lipinski definition) is 5. The van der Waals surface area contributed by atoms with Crippen LogP contribution in [0.2, 0.25) is 0 Å². The maximum atomic E-state index is 12.6. The van der Waals surface area contributed by atoms with Crippen LogP contribution in [0.3, 0.4) is 0 Å². The lowest BCUT2D eigenvalue weighted by Gasteiger charge is -2.09. The molecule has 6 nitrogen and oxygen atoms in total. The van der Waals surface area contributed by atoms with Crippen molar-refractivity contribution in [3.05, 3.63) is 71.2 Å². The van der Waals surface area contributed by atoms with Gasteiger partial charge in [-0.1, -0.05) is 36.4 Å². The number of carbonyl (C=O) groups is 1. The number of ether oxygens (including phenoxy) is 2. The third kappa shape index (κ3) is 4.62. The highest BCUT2D eigenvalue weighted by Crippen LogP contribution is 2.30. The normalized spacial score (nSPS) is 11.0. The SMILES string of the molecule is COCCn1c(-c2nc(C(=O)NCCc3ccccc3OC)cs2)cc2ccccc21. The van der Waals surface area contributed by atoms with Gasteiger partial charge in [-0.2, -0.15) is 0 Å². The predicted octanol–water partition coefficient (Wildman–Crippen LogP) is 4.39. The summed E-state index contributed by atoms with van der Waals surface area (Å²) in [5.41, 5.74) is 3.62. The molecule has 4 aromatic rings. The van der Waals surface area contributed by atoms with E-state index in [1.165, 1.54) is 11.3 Å². The molecule has 0 aliphatic carbocycles. The maximum absolute atomic E-state index is 12.6. The Balaban J connectivity index is 1.48. The Morgan fingerprint density at radius 3 is 2.77 bits per heavy atom. The zero-order valence-electron chi connectivity index (χ0n) is 17.6. The second-order valence-corrected chi connectivity index (χ2v) is 7.95. The van der Waals surface area contributed by atoms with E-state index in [-0.39, 0.29) is 5.91 Å². The van der Waals surface area contributed by atoms with Crippen LogP contribution >= 0.6 is 11.3 Å². The van der Waals surface area contributed by atoms with Crippen LogP contribution < -0.4 is 10.1 Å². The third-order valence-corrected chi connectivity index (χ3v) is 6.02. The van der Waals surface area contributed by atoms with Crippen molar-refractivity contribution in [3.8, 4) is 16.5 Å². The highest BCUT2D eigenvalue weighted by Gasteiger charge is 2.16. The van der Waals surface area contributed by atoms with Crippen molar-refractivity contribution in [2.75, 3.05) is 27.4 Å². The van der Waals surface area contributed by atoms with Crippen molar-refractivity contribution in [3.63, 3.8) is 0 Å². The molecule has 1 N–H and O–H groups in total. The van der Waals surface area contributed by atoms with Gasteiger partial charge in [0.25, 0.3) is 5.91 Å². The summed E-state index contributed by atoms with van der Waals surface area (Å²) in [7, 11) is 3.35. The van der Waals surface area contributed by atoms with E-state index in [2.05, 4.69) is 33.1 Å². The third-order valence-electron chi connectivity index (χ3n) is 5.16. The molecule has 4 rings (SSSR count). The van der Waals surface area contributed by atoms with Crippen LogP contribution in [0.1, 0.15) is 16.1 Å². The van der Waals surface area contributed by atoms with Crippen LogP contribution in [0.5, 0.6) is 5.75 Å². The van der Waals surface area contributed by atoms with Crippen molar-refractivity contribution in [1.29, 1.82) is 0 Å². The molecule has 0 unspecified atom stereocenters. The predicted molar refractivity (Wildman–Crippen MR) is 124 cm³/mol. The van der Waals surface area contributed by atoms with Gasteiger partial charge in [-0.15, -0.1) is 11.3 Å². The number of aromatic nitrogens is 2. The molecule has 0 spiro atoms. The fourth-order valence-corrected chi connectivity index (χ4v) is 4.44. The molecule has 0 radical (unpaired) electrons. The molecule has 0 saturated carbocycles. The van der Waals surface area contributed by atoms with Crippen LogP contribution in [0.15, 0.2) is 60.0 Å². The number of thiazole rings is 1. The van der Waals surface area contributed by atoms with Crippen LogP contribution in [-0.4, -0.2) is 42.8 Å². The van der Waals surface area contributed by atoms with E-state index >= 15 is 0 Å². The quantitative estimate of drug-likeness (QED) is 0.423. The van der Waals surface area contributed by atoms with Gasteiger partial charge in [0, 0.05) is 36.5 Å². The van der Waals surface area contributed by atoms with Crippen molar-refractivity contribution in [1.82, 2.24) is 14.9 Å². The Kier molecular flexibility index (Phi) is 6.64. The minimum absolute atomic E-state index is 0.169. The summed E-state index contributed by atoms with van der Waals surface area (Å²) in [5.74, 6) is 0.661. The lowest BCUT2D eigenvalue weighted by atomic mass is 10.1. The van der Waals surface area contributed by atoms with Crippen molar-refractivity contribution in [2.45, 2.75) is 13.0 Å². The Morgan fingerprint density at radius 2 is 1.94 bits per heavy atom. The molecule has 0 saturated heterocycles. The zero-order valence-corrected chi connectivity index (χ0v) is 18.4. The monoisotopic (exact) mass is 435 g/mol. The van der Waals surface area contributed by atoms with Gasteiger partial charge < -0.3 is 19.4 Å². The fraction of sp³-hybridized carbons (Fsp3) is 0.250. The number of nitrogens with one attached hydrogen (secondary N) is 1. The fourth-order valence-electron chi connectivity index (χ4n) is 3.62. The largest absolute Gasteiger partial charge is 0.496 e. The number of carbonyl (C=O) groups excluding carboxylic acids is 1. The Labute approximate surface area is 185 Å². The number of benzene rings is 2. The standard InChI is InChI=1S/C24H25N3O3S/c1-29-14-13-27-20-9-5-3-8-18(20)15-21(27)24-26-19(16-31-24)23(28)25-12-11-17-7-4-6-10-22(17)30-2/h3-10,15-16H,11-14H2,1-2H3,(H,25,28). The van der Waals surface area contributed by atoms with E-state index in [0.29, 0.717) is 25.3 Å². The van der Waals surface area contributed by atoms with Gasteiger partial charge >= 0.3 is 0 Å². The van der Waals surface area contributed by atoms with E-state index in [0.717, 1.165) is 39.5 Å². The van der Waals surface area contributed by atoms with Gasteiger partial charge in [0.2, 0.25) is 0 Å². The smallest absolute Gasteiger partial charge is 0.270 e. The highest BCUT2D eigenvalue weighted by molar-refractivity contribution is 7.13. The summed E-state index contributed by atoms with van der Waals surface area (Å²) < 4.78 is 12.8. The van der Waals surface area contributed by atoms with Crippen molar-refractivity contribution in [2.24, 2.45) is 0 Å². The molecule has 0 fully saturated rings. The average molecular weight is 436 g/mol. The molecular formula is C24H25N3O3S. The van der Waals surface area contributed by atoms with Crippen LogP contribution in [-0.2, 0) is 17.7 Å². The molecule has 7 heteroatoms. The number of amides is 1. The van der Waals surface area contributed by atoms with Crippen LogP contribution in [0.4, 0.5) is 0 Å². The summed E-state index contributed by atoms with van der Waals surface area (Å²) in [4.78, 5) is 17.3. The van der Waals surface area contributed by atoms with Gasteiger partial charge in [-0.05, 0) is 30.2 Å². The maximum Gasteiger partial charge on any atom is 0.270 e. The van der Waals surface area contributed by atoms with Crippen LogP contribution in [0, 0.1) is 0 Å². The van der Waals surface area contributed by atoms with Crippen molar-refractivity contribution < 1.29 is 14.3 Å². The first kappa shape index (κ1) is 21.1. The Hall–Kier alpha value is -3.16. The highest BCUT2D eigenvalue weighted by atomic mass is 32.1. The number of fused-ring (bicyclic) bond motifs is 1. The summed E-state index contributed by atoms with van der Waals surface area (Å²) in [6.07, 6.45) is 0.692. The second kappa shape index (κ2) is 9.76. The summed E-state index contributed by atoms with van der Waals surface area (Å²) in [6, 6.07) is 18.2. The lowest BCUT2D eigenvalue weighted by molar-refractivity contribution is 0.0950. The molecule has 2 heterocycles. The molecule has 0 aliphatic heterocycles. The van der Waals surface area contributed by atoms with Gasteiger partial charge in [-0.3, -0.25) is 4.79 Å². The molecule has 0 aliphatic rings. The molecule has 1 amide bonds. The van der Waals surface area contributed by atoms with E-state index in [4.69, 9.17) is 9.47 Å². The molecule has 0 bridgehead atoms. The molecule has 2 aromatic carbocycles. The average Bonchev–Trinajstić information content (AvgIpc) is 3.43. The molecule has 31 heavy (non-hydrogen) atoms. The van der Waals surface area contributed by atoms with Gasteiger partial charge in [0.05, 0.1) is 19.4 Å².